The van der Waals surface area contributed by atoms with Crippen molar-refractivity contribution in [3.63, 3.8) is 0 Å². The largest absolute Gasteiger partial charge is 0.341 e. The number of hydrogen-bond acceptors (Lipinski definition) is 3. The summed E-state index contributed by atoms with van der Waals surface area (Å²) in [5, 5.41) is 5.44. The second-order valence-corrected chi connectivity index (χ2v) is 6.39. The molecule has 1 aliphatic heterocycles. The van der Waals surface area contributed by atoms with E-state index in [-0.39, 0.29) is 18.3 Å². The molecule has 0 spiro atoms. The zero-order valence-electron chi connectivity index (χ0n) is 14.1. The molecule has 3 aromatic rings. The molecule has 1 fully saturated rings. The van der Waals surface area contributed by atoms with Crippen molar-refractivity contribution in [2.24, 2.45) is 0 Å². The SMILES string of the molecule is Cc1nn(CC(=O)N2CCCC2)c2nccc(-c3ccc(F)cc3)c12. The summed E-state index contributed by atoms with van der Waals surface area (Å²) in [7, 11) is 0. The van der Waals surface area contributed by atoms with Gasteiger partial charge in [-0.05, 0) is 49.1 Å². The number of pyridine rings is 1. The van der Waals surface area contributed by atoms with Crippen LogP contribution in [0.1, 0.15) is 18.5 Å². The molecule has 5 nitrogen and oxygen atoms in total. The Hall–Kier alpha value is -2.76. The Morgan fingerprint density at radius 2 is 1.88 bits per heavy atom. The van der Waals surface area contributed by atoms with Gasteiger partial charge in [0.15, 0.2) is 5.65 Å². The first-order chi connectivity index (χ1) is 12.1. The molecule has 0 atom stereocenters. The maximum atomic E-state index is 13.2. The van der Waals surface area contributed by atoms with Gasteiger partial charge in [0.25, 0.3) is 0 Å². The molecule has 0 radical (unpaired) electrons. The van der Waals surface area contributed by atoms with Gasteiger partial charge < -0.3 is 4.90 Å². The van der Waals surface area contributed by atoms with Crippen LogP contribution in [0.2, 0.25) is 0 Å². The summed E-state index contributed by atoms with van der Waals surface area (Å²) >= 11 is 0. The smallest absolute Gasteiger partial charge is 0.244 e. The van der Waals surface area contributed by atoms with Crippen molar-refractivity contribution >= 4 is 16.9 Å². The molecule has 1 aliphatic rings. The number of nitrogens with zero attached hydrogens (tertiary/aromatic N) is 4. The van der Waals surface area contributed by atoms with Gasteiger partial charge in [-0.15, -0.1) is 0 Å². The highest BCUT2D eigenvalue weighted by atomic mass is 19.1. The Bertz CT molecular complexity index is 926. The van der Waals surface area contributed by atoms with E-state index in [4.69, 9.17) is 0 Å². The minimum Gasteiger partial charge on any atom is -0.341 e. The number of halogens is 1. The van der Waals surface area contributed by atoms with Crippen LogP contribution in [0, 0.1) is 12.7 Å². The molecule has 2 aromatic heterocycles. The lowest BCUT2D eigenvalue weighted by Crippen LogP contribution is -2.31. The first-order valence-electron chi connectivity index (χ1n) is 8.49. The van der Waals surface area contributed by atoms with E-state index in [9.17, 15) is 9.18 Å². The average Bonchev–Trinajstić information content (AvgIpc) is 3.25. The number of fused-ring (bicyclic) bond motifs is 1. The molecule has 6 heteroatoms. The fourth-order valence-corrected chi connectivity index (χ4v) is 3.46. The van der Waals surface area contributed by atoms with Gasteiger partial charge in [-0.1, -0.05) is 12.1 Å². The highest BCUT2D eigenvalue weighted by molar-refractivity contribution is 5.95. The van der Waals surface area contributed by atoms with Crippen LogP contribution >= 0.6 is 0 Å². The predicted molar refractivity (Wildman–Crippen MR) is 93.5 cm³/mol. The highest BCUT2D eigenvalue weighted by Gasteiger charge is 2.21. The minimum absolute atomic E-state index is 0.0795. The van der Waals surface area contributed by atoms with Crippen LogP contribution in [0.25, 0.3) is 22.2 Å². The Morgan fingerprint density at radius 3 is 2.60 bits per heavy atom. The summed E-state index contributed by atoms with van der Waals surface area (Å²) in [5.74, 6) is -0.187. The molecule has 1 aromatic carbocycles. The first kappa shape index (κ1) is 15.7. The molecule has 4 rings (SSSR count). The standard InChI is InChI=1S/C19H19FN4O/c1-13-18-16(14-4-6-15(20)7-5-14)8-9-21-19(18)24(22-13)12-17(25)23-10-2-3-11-23/h4-9H,2-3,10-12H2,1H3. The molecule has 0 bridgehead atoms. The molecular weight excluding hydrogens is 319 g/mol. The Balaban J connectivity index is 1.74. The number of carbonyl (C=O) groups excluding carboxylic acids is 1. The maximum absolute atomic E-state index is 13.2. The number of aromatic nitrogens is 3. The fraction of sp³-hybridized carbons (Fsp3) is 0.316. The van der Waals surface area contributed by atoms with Crippen molar-refractivity contribution in [1.29, 1.82) is 0 Å². The van der Waals surface area contributed by atoms with Gasteiger partial charge in [-0.2, -0.15) is 5.10 Å². The van der Waals surface area contributed by atoms with E-state index in [0.717, 1.165) is 48.1 Å². The number of hydrogen-bond donors (Lipinski definition) is 0. The van der Waals surface area contributed by atoms with E-state index >= 15 is 0 Å². The Kier molecular flexibility index (Phi) is 3.95. The van der Waals surface area contributed by atoms with E-state index in [1.54, 1.807) is 23.0 Å². The third-order valence-corrected chi connectivity index (χ3v) is 4.71. The van der Waals surface area contributed by atoms with Crippen LogP contribution in [0.3, 0.4) is 0 Å². The number of amides is 1. The predicted octanol–water partition coefficient (Wildman–Crippen LogP) is 3.17. The lowest BCUT2D eigenvalue weighted by molar-refractivity contribution is -0.130. The third kappa shape index (κ3) is 2.88. The van der Waals surface area contributed by atoms with E-state index < -0.39 is 0 Å². The quantitative estimate of drug-likeness (QED) is 0.737. The summed E-state index contributed by atoms with van der Waals surface area (Å²) in [4.78, 5) is 18.8. The first-order valence-corrected chi connectivity index (χ1v) is 8.49. The minimum atomic E-state index is -0.266. The van der Waals surface area contributed by atoms with Crippen LogP contribution in [-0.4, -0.2) is 38.7 Å². The number of benzene rings is 1. The molecule has 0 saturated carbocycles. The summed E-state index contributed by atoms with van der Waals surface area (Å²) in [5.41, 5.74) is 3.35. The molecule has 0 unspecified atom stereocenters. The van der Waals surface area contributed by atoms with Gasteiger partial charge in [-0.3, -0.25) is 4.79 Å². The zero-order chi connectivity index (χ0) is 17.4. The number of likely N-dealkylation sites (tertiary alicyclic amines) is 1. The fourth-order valence-electron chi connectivity index (χ4n) is 3.46. The van der Waals surface area contributed by atoms with Gasteiger partial charge in [0.05, 0.1) is 5.69 Å². The summed E-state index contributed by atoms with van der Waals surface area (Å²) < 4.78 is 14.9. The normalized spacial score (nSPS) is 14.4. The van der Waals surface area contributed by atoms with Crippen molar-refractivity contribution in [3.8, 4) is 11.1 Å². The van der Waals surface area contributed by atoms with E-state index in [0.29, 0.717) is 5.65 Å². The summed E-state index contributed by atoms with van der Waals surface area (Å²) in [6, 6.07) is 8.28. The topological polar surface area (TPSA) is 51.0 Å². The monoisotopic (exact) mass is 338 g/mol. The Morgan fingerprint density at radius 1 is 1.16 bits per heavy atom. The van der Waals surface area contributed by atoms with Gasteiger partial charge in [0.1, 0.15) is 12.4 Å². The van der Waals surface area contributed by atoms with Crippen molar-refractivity contribution in [1.82, 2.24) is 19.7 Å². The molecule has 1 amide bonds. The van der Waals surface area contributed by atoms with Crippen LogP contribution in [0.5, 0.6) is 0 Å². The van der Waals surface area contributed by atoms with E-state index in [2.05, 4.69) is 10.1 Å². The molecule has 0 aliphatic carbocycles. The van der Waals surface area contributed by atoms with E-state index in [1.807, 2.05) is 17.9 Å². The summed E-state index contributed by atoms with van der Waals surface area (Å²) in [6.07, 6.45) is 3.84. The average molecular weight is 338 g/mol. The maximum Gasteiger partial charge on any atom is 0.244 e. The van der Waals surface area contributed by atoms with Crippen LogP contribution in [0.4, 0.5) is 4.39 Å². The second-order valence-electron chi connectivity index (χ2n) is 6.39. The lowest BCUT2D eigenvalue weighted by atomic mass is 10.0. The second kappa shape index (κ2) is 6.27. The zero-order valence-corrected chi connectivity index (χ0v) is 14.1. The number of aryl methyl sites for hydroxylation is 1. The van der Waals surface area contributed by atoms with Gasteiger partial charge in [-0.25, -0.2) is 14.1 Å². The number of rotatable bonds is 3. The van der Waals surface area contributed by atoms with Crippen molar-refractivity contribution in [2.45, 2.75) is 26.3 Å². The van der Waals surface area contributed by atoms with Gasteiger partial charge in [0.2, 0.25) is 5.91 Å². The van der Waals surface area contributed by atoms with Gasteiger partial charge in [0, 0.05) is 24.7 Å². The van der Waals surface area contributed by atoms with Crippen LogP contribution in [-0.2, 0) is 11.3 Å². The third-order valence-electron chi connectivity index (χ3n) is 4.71. The number of carbonyl (C=O) groups is 1. The van der Waals surface area contributed by atoms with Gasteiger partial charge >= 0.3 is 0 Å². The van der Waals surface area contributed by atoms with Crippen molar-refractivity contribution in [2.75, 3.05) is 13.1 Å². The van der Waals surface area contributed by atoms with Crippen LogP contribution in [0.15, 0.2) is 36.5 Å². The molecule has 0 N–H and O–H groups in total. The van der Waals surface area contributed by atoms with E-state index in [1.165, 1.54) is 12.1 Å². The molecule has 3 heterocycles. The molecule has 25 heavy (non-hydrogen) atoms. The van der Waals surface area contributed by atoms with Crippen molar-refractivity contribution < 1.29 is 9.18 Å². The Labute approximate surface area is 145 Å². The molecular formula is C19H19FN4O. The molecule has 1 saturated heterocycles. The van der Waals surface area contributed by atoms with Crippen LogP contribution < -0.4 is 0 Å². The van der Waals surface area contributed by atoms with Crippen molar-refractivity contribution in [3.05, 3.63) is 48.0 Å². The lowest BCUT2D eigenvalue weighted by Gasteiger charge is -2.15. The molecule has 128 valence electrons. The highest BCUT2D eigenvalue weighted by Crippen LogP contribution is 2.30. The summed E-state index contributed by atoms with van der Waals surface area (Å²) in [6.45, 7) is 3.76.